The summed E-state index contributed by atoms with van der Waals surface area (Å²) in [7, 11) is 0. The van der Waals surface area contributed by atoms with Crippen LogP contribution in [0.2, 0.25) is 0 Å². The van der Waals surface area contributed by atoms with Crippen molar-refractivity contribution in [1.29, 1.82) is 0 Å². The van der Waals surface area contributed by atoms with E-state index < -0.39 is 0 Å². The minimum atomic E-state index is -0.332. The Kier molecular flexibility index (Phi) is 5.65. The summed E-state index contributed by atoms with van der Waals surface area (Å²) in [6.45, 7) is 7.17. The summed E-state index contributed by atoms with van der Waals surface area (Å²) in [5.74, 6) is 0.538. The normalized spacial score (nSPS) is 12.2. The highest BCUT2D eigenvalue weighted by atomic mass is 16.5. The Morgan fingerprint density at radius 1 is 1.44 bits per heavy atom. The zero-order valence-corrected chi connectivity index (χ0v) is 11.3. The van der Waals surface area contributed by atoms with Crippen LogP contribution in [0.4, 0.5) is 0 Å². The fourth-order valence-electron chi connectivity index (χ4n) is 1.74. The predicted octanol–water partition coefficient (Wildman–Crippen LogP) is 1.54. The van der Waals surface area contributed by atoms with E-state index in [1.165, 1.54) is 0 Å². The van der Waals surface area contributed by atoms with Crippen molar-refractivity contribution < 1.29 is 9.53 Å². The third-order valence-electron chi connectivity index (χ3n) is 2.80. The van der Waals surface area contributed by atoms with Gasteiger partial charge in [0.25, 0.3) is 0 Å². The second-order valence-corrected chi connectivity index (χ2v) is 4.42. The maximum absolute atomic E-state index is 11.2. The molecule has 0 saturated carbocycles. The molecule has 0 aromatic heterocycles. The molecule has 0 fully saturated rings. The van der Waals surface area contributed by atoms with Gasteiger partial charge in [-0.3, -0.25) is 4.79 Å². The summed E-state index contributed by atoms with van der Waals surface area (Å²) in [6.07, 6.45) is 0.580. The Bertz CT molecular complexity index is 405. The van der Waals surface area contributed by atoms with Crippen LogP contribution < -0.4 is 15.8 Å². The van der Waals surface area contributed by atoms with E-state index in [9.17, 15) is 4.79 Å². The van der Waals surface area contributed by atoms with Gasteiger partial charge in [0.2, 0.25) is 5.91 Å². The van der Waals surface area contributed by atoms with Gasteiger partial charge in [0.05, 0.1) is 12.6 Å². The van der Waals surface area contributed by atoms with E-state index in [0.717, 1.165) is 23.4 Å². The van der Waals surface area contributed by atoms with Gasteiger partial charge in [-0.1, -0.05) is 19.1 Å². The molecule has 1 unspecified atom stereocenters. The van der Waals surface area contributed by atoms with Gasteiger partial charge < -0.3 is 15.8 Å². The standard InChI is InChI=1S/C14H22N2O2/c1-4-16-12(14(15)17)7-8-18-13-9-10(2)5-6-11(13)3/h5-6,9,12,16H,4,7-8H2,1-3H3,(H2,15,17). The zero-order valence-electron chi connectivity index (χ0n) is 11.3. The first-order valence-electron chi connectivity index (χ1n) is 6.27. The lowest BCUT2D eigenvalue weighted by atomic mass is 10.1. The van der Waals surface area contributed by atoms with E-state index in [4.69, 9.17) is 10.5 Å². The van der Waals surface area contributed by atoms with Crippen LogP contribution in [-0.4, -0.2) is 25.1 Å². The Balaban J connectivity index is 2.49. The summed E-state index contributed by atoms with van der Waals surface area (Å²) in [5.41, 5.74) is 7.56. The van der Waals surface area contributed by atoms with Crippen LogP contribution in [0.5, 0.6) is 5.75 Å². The number of carbonyl (C=O) groups is 1. The number of carbonyl (C=O) groups excluding carboxylic acids is 1. The molecular formula is C14H22N2O2. The smallest absolute Gasteiger partial charge is 0.234 e. The molecule has 0 aliphatic carbocycles. The lowest BCUT2D eigenvalue weighted by Gasteiger charge is -2.15. The topological polar surface area (TPSA) is 64.3 Å². The highest BCUT2D eigenvalue weighted by molar-refractivity contribution is 5.79. The number of ether oxygens (including phenoxy) is 1. The number of rotatable bonds is 7. The Morgan fingerprint density at radius 2 is 2.17 bits per heavy atom. The number of primary amides is 1. The number of hydrogen-bond acceptors (Lipinski definition) is 3. The van der Waals surface area contributed by atoms with Crippen LogP contribution in [0.15, 0.2) is 18.2 Å². The molecule has 0 aliphatic rings. The lowest BCUT2D eigenvalue weighted by Crippen LogP contribution is -2.42. The molecular weight excluding hydrogens is 228 g/mol. The van der Waals surface area contributed by atoms with E-state index >= 15 is 0 Å². The highest BCUT2D eigenvalue weighted by Crippen LogP contribution is 2.19. The minimum Gasteiger partial charge on any atom is -0.493 e. The third-order valence-corrected chi connectivity index (χ3v) is 2.80. The van der Waals surface area contributed by atoms with Crippen LogP contribution in [0.25, 0.3) is 0 Å². The van der Waals surface area contributed by atoms with Crippen molar-refractivity contribution in [2.75, 3.05) is 13.2 Å². The average Bonchev–Trinajstić information content (AvgIpc) is 2.32. The van der Waals surface area contributed by atoms with Crippen molar-refractivity contribution in [3.63, 3.8) is 0 Å². The summed E-state index contributed by atoms with van der Waals surface area (Å²) in [4.78, 5) is 11.2. The van der Waals surface area contributed by atoms with Crippen LogP contribution in [0.3, 0.4) is 0 Å². The van der Waals surface area contributed by atoms with E-state index in [2.05, 4.69) is 5.32 Å². The van der Waals surface area contributed by atoms with Crippen molar-refractivity contribution >= 4 is 5.91 Å². The van der Waals surface area contributed by atoms with Gasteiger partial charge in [-0.2, -0.15) is 0 Å². The Morgan fingerprint density at radius 3 is 2.78 bits per heavy atom. The van der Waals surface area contributed by atoms with Gasteiger partial charge in [-0.15, -0.1) is 0 Å². The first-order valence-corrected chi connectivity index (χ1v) is 6.27. The van der Waals surface area contributed by atoms with E-state index in [-0.39, 0.29) is 11.9 Å². The van der Waals surface area contributed by atoms with Gasteiger partial charge in [-0.25, -0.2) is 0 Å². The number of amides is 1. The second-order valence-electron chi connectivity index (χ2n) is 4.42. The largest absolute Gasteiger partial charge is 0.493 e. The Labute approximate surface area is 109 Å². The summed E-state index contributed by atoms with van der Waals surface area (Å²) in [6, 6.07) is 5.76. The lowest BCUT2D eigenvalue weighted by molar-refractivity contribution is -0.120. The van der Waals surface area contributed by atoms with Crippen molar-refractivity contribution in [3.8, 4) is 5.75 Å². The zero-order chi connectivity index (χ0) is 13.5. The number of likely N-dealkylation sites (N-methyl/N-ethyl adjacent to an activating group) is 1. The number of benzene rings is 1. The van der Waals surface area contributed by atoms with Crippen LogP contribution >= 0.6 is 0 Å². The quantitative estimate of drug-likeness (QED) is 0.771. The molecule has 4 nitrogen and oxygen atoms in total. The molecule has 4 heteroatoms. The monoisotopic (exact) mass is 250 g/mol. The highest BCUT2D eigenvalue weighted by Gasteiger charge is 2.13. The molecule has 3 N–H and O–H groups in total. The van der Waals surface area contributed by atoms with E-state index in [1.54, 1.807) is 0 Å². The average molecular weight is 250 g/mol. The molecule has 1 amide bonds. The number of aryl methyl sites for hydroxylation is 2. The third kappa shape index (κ3) is 4.37. The number of hydrogen-bond donors (Lipinski definition) is 2. The van der Waals surface area contributed by atoms with E-state index in [1.807, 2.05) is 39.0 Å². The number of nitrogens with two attached hydrogens (primary N) is 1. The van der Waals surface area contributed by atoms with Crippen molar-refractivity contribution in [2.24, 2.45) is 5.73 Å². The van der Waals surface area contributed by atoms with Crippen LogP contribution in [-0.2, 0) is 4.79 Å². The van der Waals surface area contributed by atoms with Crippen molar-refractivity contribution in [2.45, 2.75) is 33.2 Å². The van der Waals surface area contributed by atoms with Crippen molar-refractivity contribution in [3.05, 3.63) is 29.3 Å². The molecule has 1 rings (SSSR count). The Hall–Kier alpha value is -1.55. The van der Waals surface area contributed by atoms with Gasteiger partial charge in [0.15, 0.2) is 0 Å². The first-order chi connectivity index (χ1) is 8.54. The molecule has 0 aliphatic heterocycles. The number of nitrogens with one attached hydrogen (secondary N) is 1. The molecule has 0 radical (unpaired) electrons. The van der Waals surface area contributed by atoms with Gasteiger partial charge >= 0.3 is 0 Å². The molecule has 1 atom stereocenters. The molecule has 18 heavy (non-hydrogen) atoms. The second kappa shape index (κ2) is 7.01. The SMILES string of the molecule is CCNC(CCOc1cc(C)ccc1C)C(N)=O. The molecule has 0 saturated heterocycles. The van der Waals surface area contributed by atoms with Gasteiger partial charge in [0, 0.05) is 6.42 Å². The van der Waals surface area contributed by atoms with Gasteiger partial charge in [0.1, 0.15) is 5.75 Å². The molecule has 100 valence electrons. The summed E-state index contributed by atoms with van der Waals surface area (Å²) >= 11 is 0. The first kappa shape index (κ1) is 14.5. The molecule has 1 aromatic rings. The fourth-order valence-corrected chi connectivity index (χ4v) is 1.74. The minimum absolute atomic E-state index is 0.319. The summed E-state index contributed by atoms with van der Waals surface area (Å²) < 4.78 is 5.70. The van der Waals surface area contributed by atoms with E-state index in [0.29, 0.717) is 13.0 Å². The molecule has 0 spiro atoms. The predicted molar refractivity (Wildman–Crippen MR) is 72.7 cm³/mol. The van der Waals surface area contributed by atoms with Gasteiger partial charge in [-0.05, 0) is 37.6 Å². The molecule has 0 heterocycles. The van der Waals surface area contributed by atoms with Crippen LogP contribution in [0.1, 0.15) is 24.5 Å². The maximum Gasteiger partial charge on any atom is 0.234 e. The molecule has 0 bridgehead atoms. The summed E-state index contributed by atoms with van der Waals surface area (Å²) in [5, 5.41) is 3.04. The molecule has 1 aromatic carbocycles. The van der Waals surface area contributed by atoms with Crippen molar-refractivity contribution in [1.82, 2.24) is 5.32 Å². The fraction of sp³-hybridized carbons (Fsp3) is 0.500. The van der Waals surface area contributed by atoms with Crippen LogP contribution in [0, 0.1) is 13.8 Å². The maximum atomic E-state index is 11.2.